The summed E-state index contributed by atoms with van der Waals surface area (Å²) in [5.74, 6) is 0. The molecule has 0 bridgehead atoms. The topological polar surface area (TPSA) is 65.8 Å². The summed E-state index contributed by atoms with van der Waals surface area (Å²) in [4.78, 5) is 4.46. The van der Waals surface area contributed by atoms with E-state index in [1.165, 1.54) is 11.3 Å². The highest BCUT2D eigenvalue weighted by Crippen LogP contribution is 2.30. The first kappa shape index (κ1) is 18.2. The molecule has 3 atom stereocenters. The van der Waals surface area contributed by atoms with Gasteiger partial charge in [0.05, 0.1) is 23.5 Å². The second-order valence-electron chi connectivity index (χ2n) is 7.13. The molecule has 1 aliphatic heterocycles. The minimum Gasteiger partial charge on any atom is -0.598 e. The van der Waals surface area contributed by atoms with Crippen LogP contribution in [0.5, 0.6) is 0 Å². The molecule has 0 aliphatic carbocycles. The zero-order chi connectivity index (χ0) is 18.8. The number of benzene rings is 1. The molecule has 0 saturated carbocycles. The van der Waals surface area contributed by atoms with E-state index in [1.807, 2.05) is 31.3 Å². The molecular weight excluding hydrogens is 356 g/mol. The molecule has 1 aromatic carbocycles. The molecule has 2 aromatic heterocycles. The van der Waals surface area contributed by atoms with Crippen LogP contribution in [0.2, 0.25) is 0 Å². The summed E-state index contributed by atoms with van der Waals surface area (Å²) in [5, 5.41) is 4.73. The van der Waals surface area contributed by atoms with E-state index in [9.17, 15) is 4.55 Å². The lowest BCUT2D eigenvalue weighted by molar-refractivity contribution is 0.299. The van der Waals surface area contributed by atoms with Gasteiger partial charge in [-0.1, -0.05) is 24.3 Å². The van der Waals surface area contributed by atoms with Crippen molar-refractivity contribution in [3.63, 3.8) is 0 Å². The molecule has 1 N–H and O–H groups in total. The van der Waals surface area contributed by atoms with E-state index in [2.05, 4.69) is 44.7 Å². The van der Waals surface area contributed by atoms with Gasteiger partial charge in [0, 0.05) is 28.8 Å². The molecular formula is C21H24N4OS. The van der Waals surface area contributed by atoms with Crippen LogP contribution >= 0.6 is 0 Å². The molecule has 6 heteroatoms. The van der Waals surface area contributed by atoms with Gasteiger partial charge in [0.2, 0.25) is 0 Å². The van der Waals surface area contributed by atoms with E-state index in [4.69, 9.17) is 5.10 Å². The first-order chi connectivity index (χ1) is 13.1. The fourth-order valence-electron chi connectivity index (χ4n) is 3.92. The van der Waals surface area contributed by atoms with Crippen molar-refractivity contribution in [2.75, 3.05) is 6.26 Å². The summed E-state index contributed by atoms with van der Waals surface area (Å²) in [6, 6.07) is 16.9. The number of aromatic nitrogens is 3. The third-order valence-corrected chi connectivity index (χ3v) is 5.71. The standard InChI is InChI=1S/C21H24N4OS/c1-15-12-18-9-10-20(24-27(2)26)21(25(18)23-15)14-16-6-5-7-17(13-16)19-8-3-4-11-22-19/h3-8,11-13,20-21,24H,9-10,14H2,1-2H3. The summed E-state index contributed by atoms with van der Waals surface area (Å²) in [6.07, 6.45) is 6.28. The van der Waals surface area contributed by atoms with E-state index in [1.54, 1.807) is 6.26 Å². The Kier molecular flexibility index (Phi) is 5.29. The number of hydrogen-bond acceptors (Lipinski definition) is 4. The van der Waals surface area contributed by atoms with Crippen LogP contribution < -0.4 is 4.72 Å². The van der Waals surface area contributed by atoms with Gasteiger partial charge in [0.1, 0.15) is 6.26 Å². The Labute approximate surface area is 163 Å². The van der Waals surface area contributed by atoms with Crippen molar-refractivity contribution in [1.82, 2.24) is 19.5 Å². The van der Waals surface area contributed by atoms with Crippen molar-refractivity contribution in [2.45, 2.75) is 38.3 Å². The highest BCUT2D eigenvalue weighted by atomic mass is 32.2. The summed E-state index contributed by atoms with van der Waals surface area (Å²) in [5.41, 5.74) is 5.62. The molecule has 4 rings (SSSR count). The van der Waals surface area contributed by atoms with Gasteiger partial charge in [-0.2, -0.15) is 5.10 Å². The summed E-state index contributed by atoms with van der Waals surface area (Å²) < 4.78 is 17.2. The largest absolute Gasteiger partial charge is 0.598 e. The van der Waals surface area contributed by atoms with Crippen LogP contribution in [0.3, 0.4) is 0 Å². The minimum atomic E-state index is -1.05. The van der Waals surface area contributed by atoms with Gasteiger partial charge in [-0.3, -0.25) is 9.67 Å². The molecule has 3 unspecified atom stereocenters. The molecule has 3 aromatic rings. The van der Waals surface area contributed by atoms with Crippen LogP contribution in [-0.4, -0.2) is 31.6 Å². The Morgan fingerprint density at radius 1 is 1.22 bits per heavy atom. The lowest BCUT2D eigenvalue weighted by atomic mass is 9.92. The van der Waals surface area contributed by atoms with Crippen LogP contribution in [0.4, 0.5) is 0 Å². The second-order valence-corrected chi connectivity index (χ2v) is 8.27. The maximum Gasteiger partial charge on any atom is 0.115 e. The van der Waals surface area contributed by atoms with Crippen molar-refractivity contribution in [1.29, 1.82) is 0 Å². The smallest absolute Gasteiger partial charge is 0.115 e. The Morgan fingerprint density at radius 2 is 2.11 bits per heavy atom. The fourth-order valence-corrected chi connectivity index (χ4v) is 4.62. The first-order valence-corrected chi connectivity index (χ1v) is 10.8. The summed E-state index contributed by atoms with van der Waals surface area (Å²) >= 11 is -1.05. The molecule has 0 spiro atoms. The number of rotatable bonds is 5. The number of fused-ring (bicyclic) bond motifs is 1. The number of nitrogens with one attached hydrogen (secondary N) is 1. The maximum atomic E-state index is 11.8. The monoisotopic (exact) mass is 380 g/mol. The summed E-state index contributed by atoms with van der Waals surface area (Å²) in [7, 11) is 0. The molecule has 3 heterocycles. The van der Waals surface area contributed by atoms with E-state index >= 15 is 0 Å². The van der Waals surface area contributed by atoms with Gasteiger partial charge in [0.25, 0.3) is 0 Å². The molecule has 27 heavy (non-hydrogen) atoms. The molecule has 5 nitrogen and oxygen atoms in total. The van der Waals surface area contributed by atoms with Crippen LogP contribution in [0.1, 0.15) is 29.4 Å². The van der Waals surface area contributed by atoms with Gasteiger partial charge in [0.15, 0.2) is 0 Å². The van der Waals surface area contributed by atoms with Crippen LogP contribution in [0.25, 0.3) is 11.3 Å². The predicted molar refractivity (Wildman–Crippen MR) is 109 cm³/mol. The van der Waals surface area contributed by atoms with E-state index in [0.29, 0.717) is 0 Å². The number of pyridine rings is 1. The number of nitrogens with zero attached hydrogens (tertiary/aromatic N) is 3. The lowest BCUT2D eigenvalue weighted by Gasteiger charge is -2.33. The van der Waals surface area contributed by atoms with E-state index < -0.39 is 11.4 Å². The van der Waals surface area contributed by atoms with Crippen LogP contribution in [0.15, 0.2) is 54.7 Å². The number of aryl methyl sites for hydroxylation is 2. The van der Waals surface area contributed by atoms with Gasteiger partial charge in [-0.15, -0.1) is 4.72 Å². The first-order valence-electron chi connectivity index (χ1n) is 9.25. The Balaban J connectivity index is 1.64. The molecule has 0 radical (unpaired) electrons. The Hall–Kier alpha value is -2.15. The third-order valence-electron chi connectivity index (χ3n) is 5.08. The van der Waals surface area contributed by atoms with E-state index in [-0.39, 0.29) is 12.1 Å². The highest BCUT2D eigenvalue weighted by molar-refractivity contribution is 7.88. The van der Waals surface area contributed by atoms with Crippen molar-refractivity contribution in [2.24, 2.45) is 0 Å². The predicted octanol–water partition coefficient (Wildman–Crippen LogP) is 3.24. The average molecular weight is 381 g/mol. The fraction of sp³-hybridized carbons (Fsp3) is 0.333. The SMILES string of the molecule is Cc1cc2n(n1)C(Cc1cccc(-c3ccccn3)c1)C(N[S+](C)[O-])CC2. The molecule has 0 saturated heterocycles. The minimum absolute atomic E-state index is 0.140. The quantitative estimate of drug-likeness (QED) is 0.690. The van der Waals surface area contributed by atoms with Crippen molar-refractivity contribution < 1.29 is 4.55 Å². The average Bonchev–Trinajstić information content (AvgIpc) is 3.05. The Morgan fingerprint density at radius 3 is 2.89 bits per heavy atom. The Bertz CT molecular complexity index is 910. The van der Waals surface area contributed by atoms with Crippen molar-refractivity contribution >= 4 is 11.4 Å². The van der Waals surface area contributed by atoms with Gasteiger partial charge in [-0.05, 0) is 56.0 Å². The summed E-state index contributed by atoms with van der Waals surface area (Å²) in [6.45, 7) is 2.03. The normalized spacial score (nSPS) is 20.3. The third kappa shape index (κ3) is 4.08. The highest BCUT2D eigenvalue weighted by Gasteiger charge is 2.32. The zero-order valence-corrected chi connectivity index (χ0v) is 16.4. The van der Waals surface area contributed by atoms with Crippen LogP contribution in [-0.2, 0) is 24.2 Å². The maximum absolute atomic E-state index is 11.8. The lowest BCUT2D eigenvalue weighted by Crippen LogP contribution is -2.45. The van der Waals surface area contributed by atoms with E-state index in [0.717, 1.165) is 36.2 Å². The molecule has 0 fully saturated rings. The second kappa shape index (κ2) is 7.84. The molecule has 0 amide bonds. The van der Waals surface area contributed by atoms with Crippen LogP contribution in [0, 0.1) is 6.92 Å². The molecule has 140 valence electrons. The molecule has 1 aliphatic rings. The van der Waals surface area contributed by atoms with Gasteiger partial charge in [-0.25, -0.2) is 0 Å². The zero-order valence-electron chi connectivity index (χ0n) is 15.6. The van der Waals surface area contributed by atoms with Gasteiger partial charge >= 0.3 is 0 Å². The number of hydrogen-bond donors (Lipinski definition) is 1. The van der Waals surface area contributed by atoms with Crippen molar-refractivity contribution in [3.8, 4) is 11.3 Å². The van der Waals surface area contributed by atoms with Crippen molar-refractivity contribution in [3.05, 3.63) is 71.7 Å². The van der Waals surface area contributed by atoms with Gasteiger partial charge < -0.3 is 4.55 Å².